The summed E-state index contributed by atoms with van der Waals surface area (Å²) < 4.78 is 0. The molecule has 3 nitrogen and oxygen atoms in total. The monoisotopic (exact) mass is 258 g/mol. The van der Waals surface area contributed by atoms with Crippen molar-refractivity contribution in [3.05, 3.63) is 47.0 Å². The van der Waals surface area contributed by atoms with E-state index in [-0.39, 0.29) is 11.9 Å². The molecule has 0 aliphatic carbocycles. The van der Waals surface area contributed by atoms with Crippen molar-refractivity contribution in [3.8, 4) is 0 Å². The number of fused-ring (bicyclic) bond motifs is 1. The van der Waals surface area contributed by atoms with Crippen LogP contribution in [-0.4, -0.2) is 30.4 Å². The maximum atomic E-state index is 12.1. The number of amides is 1. The Balaban J connectivity index is 2.24. The number of benzene rings is 1. The minimum absolute atomic E-state index is 0.0597. The number of nitrogens with zero attached hydrogens (tertiary/aromatic N) is 1. The molecule has 0 unspecified atom stereocenters. The Hall–Kier alpha value is -1.61. The van der Waals surface area contributed by atoms with Gasteiger partial charge < -0.3 is 5.32 Å². The van der Waals surface area contributed by atoms with E-state index < -0.39 is 0 Å². The number of nitrogens with one attached hydrogen (secondary N) is 1. The topological polar surface area (TPSA) is 32.3 Å². The molecule has 0 saturated carbocycles. The second kappa shape index (κ2) is 6.02. The average molecular weight is 258 g/mol. The highest BCUT2D eigenvalue weighted by Gasteiger charge is 2.29. The molecule has 1 N–H and O–H groups in total. The Kier molecular flexibility index (Phi) is 4.38. The molecule has 102 valence electrons. The molecule has 1 heterocycles. The zero-order valence-corrected chi connectivity index (χ0v) is 11.9. The number of hydrogen-bond acceptors (Lipinski definition) is 2. The molecule has 1 aliphatic heterocycles. The highest BCUT2D eigenvalue weighted by Crippen LogP contribution is 2.23. The number of allylic oxidation sites excluding steroid dienone is 1. The van der Waals surface area contributed by atoms with Gasteiger partial charge in [0.15, 0.2) is 0 Å². The van der Waals surface area contributed by atoms with Crippen molar-refractivity contribution in [1.82, 2.24) is 10.2 Å². The molecular weight excluding hydrogens is 236 g/mol. The maximum Gasteiger partial charge on any atom is 0.237 e. The molecule has 0 fully saturated rings. The first-order valence-electron chi connectivity index (χ1n) is 6.77. The van der Waals surface area contributed by atoms with Gasteiger partial charge in [-0.2, -0.15) is 0 Å². The number of likely N-dealkylation sites (N-methyl/N-ethyl adjacent to an activating group) is 1. The van der Waals surface area contributed by atoms with Gasteiger partial charge in [-0.1, -0.05) is 35.9 Å². The van der Waals surface area contributed by atoms with Crippen LogP contribution in [0.5, 0.6) is 0 Å². The molecule has 1 atom stereocenters. The van der Waals surface area contributed by atoms with Crippen LogP contribution in [0.3, 0.4) is 0 Å². The van der Waals surface area contributed by atoms with Crippen LogP contribution in [0, 0.1) is 0 Å². The molecule has 0 saturated heterocycles. The summed E-state index contributed by atoms with van der Waals surface area (Å²) in [5, 5.41) is 2.78. The van der Waals surface area contributed by atoms with Crippen molar-refractivity contribution < 1.29 is 4.79 Å². The average Bonchev–Trinajstić information content (AvgIpc) is 2.43. The van der Waals surface area contributed by atoms with Crippen LogP contribution in [0.15, 0.2) is 35.9 Å². The van der Waals surface area contributed by atoms with Crippen molar-refractivity contribution in [2.45, 2.75) is 32.9 Å². The first kappa shape index (κ1) is 13.8. The first-order valence-corrected chi connectivity index (χ1v) is 6.77. The minimum Gasteiger partial charge on any atom is -0.358 e. The Morgan fingerprint density at radius 3 is 2.68 bits per heavy atom. The summed E-state index contributed by atoms with van der Waals surface area (Å²) >= 11 is 0. The van der Waals surface area contributed by atoms with Gasteiger partial charge in [0.1, 0.15) is 0 Å². The lowest BCUT2D eigenvalue weighted by atomic mass is 9.93. The van der Waals surface area contributed by atoms with Gasteiger partial charge in [-0.25, -0.2) is 0 Å². The van der Waals surface area contributed by atoms with Crippen molar-refractivity contribution in [2.24, 2.45) is 0 Å². The Bertz CT molecular complexity index is 489. The van der Waals surface area contributed by atoms with E-state index in [0.717, 1.165) is 19.5 Å². The Morgan fingerprint density at radius 1 is 1.37 bits per heavy atom. The Labute approximate surface area is 115 Å². The molecule has 2 rings (SSSR count). The van der Waals surface area contributed by atoms with Gasteiger partial charge in [-0.15, -0.1) is 0 Å². The smallest absolute Gasteiger partial charge is 0.237 e. The maximum absolute atomic E-state index is 12.1. The third kappa shape index (κ3) is 3.24. The predicted molar refractivity (Wildman–Crippen MR) is 77.8 cm³/mol. The fourth-order valence-corrected chi connectivity index (χ4v) is 2.49. The van der Waals surface area contributed by atoms with Gasteiger partial charge in [0.25, 0.3) is 0 Å². The number of carbonyl (C=O) groups excluding carboxylic acids is 1. The van der Waals surface area contributed by atoms with Crippen molar-refractivity contribution >= 4 is 5.91 Å². The SMILES string of the molecule is CNC(=O)[C@H]1Cc2ccccc2CN1CC=C(C)C. The second-order valence-electron chi connectivity index (χ2n) is 5.31. The van der Waals surface area contributed by atoms with E-state index in [1.54, 1.807) is 7.05 Å². The van der Waals surface area contributed by atoms with Crippen LogP contribution in [0.25, 0.3) is 0 Å². The van der Waals surface area contributed by atoms with Crippen LogP contribution in [-0.2, 0) is 17.8 Å². The molecule has 0 bridgehead atoms. The third-order valence-corrected chi connectivity index (χ3v) is 3.63. The summed E-state index contributed by atoms with van der Waals surface area (Å²) in [7, 11) is 1.71. The highest BCUT2D eigenvalue weighted by atomic mass is 16.2. The summed E-state index contributed by atoms with van der Waals surface area (Å²) in [6, 6.07) is 8.34. The van der Waals surface area contributed by atoms with Crippen LogP contribution in [0.1, 0.15) is 25.0 Å². The molecule has 1 aliphatic rings. The lowest BCUT2D eigenvalue weighted by molar-refractivity contribution is -0.126. The molecular formula is C16H22N2O. The van der Waals surface area contributed by atoms with Gasteiger partial charge in [0.2, 0.25) is 5.91 Å². The summed E-state index contributed by atoms with van der Waals surface area (Å²) in [5.41, 5.74) is 3.92. The number of hydrogen-bond donors (Lipinski definition) is 1. The van der Waals surface area contributed by atoms with Gasteiger partial charge >= 0.3 is 0 Å². The van der Waals surface area contributed by atoms with Crippen LogP contribution >= 0.6 is 0 Å². The summed E-state index contributed by atoms with van der Waals surface area (Å²) in [5.74, 6) is 0.108. The van der Waals surface area contributed by atoms with Gasteiger partial charge in [-0.05, 0) is 31.4 Å². The van der Waals surface area contributed by atoms with E-state index in [4.69, 9.17) is 0 Å². The molecule has 0 spiro atoms. The first-order chi connectivity index (χ1) is 9.11. The molecule has 1 aromatic carbocycles. The van der Waals surface area contributed by atoms with Crippen LogP contribution < -0.4 is 5.32 Å². The molecule has 1 amide bonds. The zero-order chi connectivity index (χ0) is 13.8. The normalized spacial score (nSPS) is 18.6. The van der Waals surface area contributed by atoms with Gasteiger partial charge in [0.05, 0.1) is 6.04 Å². The molecule has 1 aromatic rings. The van der Waals surface area contributed by atoms with E-state index in [1.807, 2.05) is 6.07 Å². The number of carbonyl (C=O) groups is 1. The summed E-state index contributed by atoms with van der Waals surface area (Å²) in [4.78, 5) is 14.3. The van der Waals surface area contributed by atoms with Gasteiger partial charge in [0, 0.05) is 20.1 Å². The van der Waals surface area contributed by atoms with Gasteiger partial charge in [-0.3, -0.25) is 9.69 Å². The van der Waals surface area contributed by atoms with Crippen molar-refractivity contribution in [1.29, 1.82) is 0 Å². The predicted octanol–water partition coefficient (Wildman–Crippen LogP) is 2.13. The second-order valence-corrected chi connectivity index (χ2v) is 5.31. The number of rotatable bonds is 3. The lowest BCUT2D eigenvalue weighted by Gasteiger charge is -2.35. The summed E-state index contributed by atoms with van der Waals surface area (Å²) in [6.45, 7) is 5.85. The quantitative estimate of drug-likeness (QED) is 0.842. The van der Waals surface area contributed by atoms with E-state index in [2.05, 4.69) is 48.3 Å². The van der Waals surface area contributed by atoms with Crippen LogP contribution in [0.4, 0.5) is 0 Å². The van der Waals surface area contributed by atoms with E-state index >= 15 is 0 Å². The minimum atomic E-state index is -0.0597. The lowest BCUT2D eigenvalue weighted by Crippen LogP contribution is -2.49. The standard InChI is InChI=1S/C16H22N2O/c1-12(2)8-9-18-11-14-7-5-4-6-13(14)10-15(18)16(19)17-3/h4-8,15H,9-11H2,1-3H3,(H,17,19)/t15-/m1/s1. The molecule has 3 heteroatoms. The third-order valence-electron chi connectivity index (χ3n) is 3.63. The fraction of sp³-hybridized carbons (Fsp3) is 0.438. The van der Waals surface area contributed by atoms with E-state index in [0.29, 0.717) is 0 Å². The van der Waals surface area contributed by atoms with E-state index in [9.17, 15) is 4.79 Å². The Morgan fingerprint density at radius 2 is 2.05 bits per heavy atom. The molecule has 0 aromatic heterocycles. The van der Waals surface area contributed by atoms with Crippen molar-refractivity contribution in [3.63, 3.8) is 0 Å². The molecule has 19 heavy (non-hydrogen) atoms. The molecule has 0 radical (unpaired) electrons. The zero-order valence-electron chi connectivity index (χ0n) is 11.9. The van der Waals surface area contributed by atoms with E-state index in [1.165, 1.54) is 16.7 Å². The largest absolute Gasteiger partial charge is 0.358 e. The van der Waals surface area contributed by atoms with Crippen molar-refractivity contribution in [2.75, 3.05) is 13.6 Å². The summed E-state index contributed by atoms with van der Waals surface area (Å²) in [6.07, 6.45) is 2.98. The highest BCUT2D eigenvalue weighted by molar-refractivity contribution is 5.82. The fourth-order valence-electron chi connectivity index (χ4n) is 2.49. The van der Waals surface area contributed by atoms with Crippen LogP contribution in [0.2, 0.25) is 0 Å².